The Morgan fingerprint density at radius 2 is 1.50 bits per heavy atom. The van der Waals surface area contributed by atoms with Crippen LogP contribution in [0.25, 0.3) is 0 Å². The fourth-order valence-electron chi connectivity index (χ4n) is 3.65. The van der Waals surface area contributed by atoms with Crippen LogP contribution in [-0.2, 0) is 34.9 Å². The maximum Gasteiger partial charge on any atom is 0.373 e. The van der Waals surface area contributed by atoms with Gasteiger partial charge in [0.1, 0.15) is 5.54 Å². The number of nitrogens with zero attached hydrogens (tertiary/aromatic N) is 1. The summed E-state index contributed by atoms with van der Waals surface area (Å²) in [4.78, 5) is 45.5. The Hall–Kier alpha value is -2.29. The highest BCUT2D eigenvalue weighted by Crippen LogP contribution is 2.40. The van der Waals surface area contributed by atoms with Gasteiger partial charge in [-0.3, -0.25) is 4.79 Å². The van der Waals surface area contributed by atoms with E-state index in [1.165, 1.54) is 25.0 Å². The first-order valence-corrected chi connectivity index (χ1v) is 8.83. The van der Waals surface area contributed by atoms with Crippen LogP contribution < -0.4 is 0 Å². The van der Waals surface area contributed by atoms with E-state index in [2.05, 4.69) is 43.7 Å². The lowest BCUT2D eigenvalue weighted by Gasteiger charge is -2.41. The van der Waals surface area contributed by atoms with Gasteiger partial charge >= 0.3 is 12.3 Å². The van der Waals surface area contributed by atoms with E-state index < -0.39 is 0 Å². The number of carbonyl (C=O) groups excluding carboxylic acids is 5. The molecule has 0 aromatic carbocycles. The Labute approximate surface area is 155 Å². The zero-order chi connectivity index (χ0) is 20.4. The van der Waals surface area contributed by atoms with E-state index in [1.807, 2.05) is 13.8 Å². The molecule has 0 radical (unpaired) electrons. The standard InChI is InChI=1S/C18H29NO.2CO2/c1-14(2)16(20)18(11-7-6-8-12-18)19-13-9-10-15(19)17(3,4)5;2*2-1-3/h9-10,13-14H,6-8,11-12H2,1-5H3;;. The molecule has 26 heavy (non-hydrogen) atoms. The van der Waals surface area contributed by atoms with Crippen molar-refractivity contribution in [2.24, 2.45) is 5.92 Å². The van der Waals surface area contributed by atoms with Crippen molar-refractivity contribution < 1.29 is 24.0 Å². The van der Waals surface area contributed by atoms with E-state index in [0.29, 0.717) is 5.78 Å². The predicted octanol–water partition coefficient (Wildman–Crippen LogP) is 3.50. The Kier molecular flexibility index (Phi) is 9.71. The SMILES string of the molecule is CC(C)C(=O)C1(n2cccc2C(C)(C)C)CCCCC1.O=C=O.O=C=O. The van der Waals surface area contributed by atoms with Crippen molar-refractivity contribution in [3.05, 3.63) is 24.0 Å². The third kappa shape index (κ3) is 5.91. The van der Waals surface area contributed by atoms with Crippen molar-refractivity contribution in [2.75, 3.05) is 0 Å². The van der Waals surface area contributed by atoms with Crippen LogP contribution in [0, 0.1) is 5.92 Å². The normalized spacial score (nSPS) is 15.5. The molecular weight excluding hydrogens is 334 g/mol. The molecule has 1 heterocycles. The molecule has 0 saturated heterocycles. The number of carbonyl (C=O) groups is 1. The number of rotatable bonds is 3. The van der Waals surface area contributed by atoms with Crippen LogP contribution in [-0.4, -0.2) is 22.7 Å². The molecule has 1 aliphatic rings. The first-order chi connectivity index (χ1) is 12.1. The summed E-state index contributed by atoms with van der Waals surface area (Å²) < 4.78 is 2.31. The maximum absolute atomic E-state index is 13.0. The molecule has 2 rings (SSSR count). The van der Waals surface area contributed by atoms with Gasteiger partial charge < -0.3 is 4.57 Å². The predicted molar refractivity (Wildman–Crippen MR) is 94.1 cm³/mol. The van der Waals surface area contributed by atoms with E-state index in [9.17, 15) is 4.79 Å². The van der Waals surface area contributed by atoms with Gasteiger partial charge in [-0.2, -0.15) is 19.2 Å². The largest absolute Gasteiger partial charge is 0.373 e. The molecule has 0 atom stereocenters. The molecule has 0 spiro atoms. The molecule has 1 aromatic rings. The molecule has 144 valence electrons. The van der Waals surface area contributed by atoms with Crippen molar-refractivity contribution in [1.82, 2.24) is 4.57 Å². The summed E-state index contributed by atoms with van der Waals surface area (Å²) in [6, 6.07) is 4.29. The van der Waals surface area contributed by atoms with Gasteiger partial charge in [0.05, 0.1) is 0 Å². The minimum atomic E-state index is -0.293. The third-order valence-corrected chi connectivity index (χ3v) is 4.64. The monoisotopic (exact) mass is 363 g/mol. The van der Waals surface area contributed by atoms with Gasteiger partial charge in [0.2, 0.25) is 0 Å². The number of Topliss-reactive ketones (excluding diaryl/α,β-unsaturated/α-hetero) is 1. The molecular formula is C20H29NO5. The fraction of sp³-hybridized carbons (Fsp3) is 0.650. The van der Waals surface area contributed by atoms with Crippen molar-refractivity contribution in [1.29, 1.82) is 0 Å². The quantitative estimate of drug-likeness (QED) is 0.820. The highest BCUT2D eigenvalue weighted by atomic mass is 16.2. The summed E-state index contributed by atoms with van der Waals surface area (Å²) in [7, 11) is 0. The first-order valence-electron chi connectivity index (χ1n) is 8.83. The molecule has 0 amide bonds. The molecule has 0 bridgehead atoms. The highest BCUT2D eigenvalue weighted by Gasteiger charge is 2.43. The van der Waals surface area contributed by atoms with Crippen LogP contribution >= 0.6 is 0 Å². The fourth-order valence-corrected chi connectivity index (χ4v) is 3.65. The molecule has 1 fully saturated rings. The van der Waals surface area contributed by atoms with Gasteiger partial charge in [-0.15, -0.1) is 0 Å². The molecule has 0 unspecified atom stereocenters. The molecule has 6 heteroatoms. The van der Waals surface area contributed by atoms with Crippen molar-refractivity contribution in [3.63, 3.8) is 0 Å². The van der Waals surface area contributed by atoms with Gasteiger partial charge in [0.25, 0.3) is 0 Å². The Morgan fingerprint density at radius 1 is 1.04 bits per heavy atom. The Balaban J connectivity index is 0.000000918. The Morgan fingerprint density at radius 3 is 1.88 bits per heavy atom. The maximum atomic E-state index is 13.0. The lowest BCUT2D eigenvalue weighted by molar-refractivity contribution is -0.193. The molecule has 1 aromatic heterocycles. The van der Waals surface area contributed by atoms with E-state index >= 15 is 0 Å². The van der Waals surface area contributed by atoms with Gasteiger partial charge in [0, 0.05) is 23.2 Å². The number of ketones is 1. The summed E-state index contributed by atoms with van der Waals surface area (Å²) in [6.07, 6.45) is 8.23. The molecule has 6 nitrogen and oxygen atoms in total. The summed E-state index contributed by atoms with van der Waals surface area (Å²) in [5.41, 5.74) is 1.07. The van der Waals surface area contributed by atoms with Crippen LogP contribution in [0.5, 0.6) is 0 Å². The topological polar surface area (TPSA) is 90.3 Å². The third-order valence-electron chi connectivity index (χ3n) is 4.64. The first kappa shape index (κ1) is 23.7. The van der Waals surface area contributed by atoms with Gasteiger partial charge in [-0.05, 0) is 25.0 Å². The van der Waals surface area contributed by atoms with Crippen LogP contribution in [0.2, 0.25) is 0 Å². The molecule has 1 aliphatic carbocycles. The summed E-state index contributed by atoms with van der Waals surface area (Å²) in [5.74, 6) is 0.516. The Bertz CT molecular complexity index is 621. The van der Waals surface area contributed by atoms with Crippen LogP contribution in [0.4, 0.5) is 0 Å². The number of hydrogen-bond donors (Lipinski definition) is 0. The van der Waals surface area contributed by atoms with Gasteiger partial charge in [-0.1, -0.05) is 53.9 Å². The van der Waals surface area contributed by atoms with Gasteiger partial charge in [-0.25, -0.2) is 0 Å². The highest BCUT2D eigenvalue weighted by molar-refractivity contribution is 5.88. The summed E-state index contributed by atoms with van der Waals surface area (Å²) in [5, 5.41) is 0. The zero-order valence-electron chi connectivity index (χ0n) is 16.3. The molecule has 0 aliphatic heterocycles. The van der Waals surface area contributed by atoms with E-state index in [-0.39, 0.29) is 29.2 Å². The van der Waals surface area contributed by atoms with Crippen LogP contribution in [0.1, 0.15) is 72.4 Å². The van der Waals surface area contributed by atoms with Crippen LogP contribution in [0.15, 0.2) is 18.3 Å². The lowest BCUT2D eigenvalue weighted by Crippen LogP contribution is -2.47. The van der Waals surface area contributed by atoms with Crippen molar-refractivity contribution in [3.8, 4) is 0 Å². The van der Waals surface area contributed by atoms with Crippen LogP contribution in [0.3, 0.4) is 0 Å². The van der Waals surface area contributed by atoms with E-state index in [4.69, 9.17) is 19.2 Å². The van der Waals surface area contributed by atoms with Gasteiger partial charge in [0.15, 0.2) is 5.78 Å². The summed E-state index contributed by atoms with van der Waals surface area (Å²) >= 11 is 0. The average Bonchev–Trinajstić information content (AvgIpc) is 3.07. The lowest BCUT2D eigenvalue weighted by atomic mass is 9.74. The summed E-state index contributed by atoms with van der Waals surface area (Å²) in [6.45, 7) is 10.8. The molecule has 0 N–H and O–H groups in total. The second-order valence-corrected chi connectivity index (χ2v) is 7.79. The van der Waals surface area contributed by atoms with Crippen molar-refractivity contribution in [2.45, 2.75) is 77.7 Å². The number of aromatic nitrogens is 1. The minimum Gasteiger partial charge on any atom is -0.338 e. The minimum absolute atomic E-state index is 0.0746. The van der Waals surface area contributed by atoms with E-state index in [0.717, 1.165) is 12.8 Å². The zero-order valence-corrected chi connectivity index (χ0v) is 16.3. The van der Waals surface area contributed by atoms with E-state index in [1.54, 1.807) is 0 Å². The second-order valence-electron chi connectivity index (χ2n) is 7.79. The molecule has 1 saturated carbocycles. The smallest absolute Gasteiger partial charge is 0.338 e. The number of hydrogen-bond acceptors (Lipinski definition) is 5. The second kappa shape index (κ2) is 10.6. The average molecular weight is 363 g/mol. The van der Waals surface area contributed by atoms with Crippen molar-refractivity contribution >= 4 is 18.1 Å².